The van der Waals surface area contributed by atoms with E-state index in [1.165, 1.54) is 0 Å². The monoisotopic (exact) mass is 216 g/mol. The van der Waals surface area contributed by atoms with Crippen LogP contribution in [0, 0.1) is 5.92 Å². The lowest BCUT2D eigenvalue weighted by Gasteiger charge is -2.24. The number of fused-ring (bicyclic) bond motifs is 1. The van der Waals surface area contributed by atoms with Gasteiger partial charge in [0.2, 0.25) is 0 Å². The number of hydrogen-bond donors (Lipinski definition) is 1. The van der Waals surface area contributed by atoms with Gasteiger partial charge in [0.25, 0.3) is 0 Å². The molecule has 86 valence electrons. The third-order valence-corrected chi connectivity index (χ3v) is 2.79. The van der Waals surface area contributed by atoms with Crippen molar-refractivity contribution in [2.24, 2.45) is 5.92 Å². The number of cyclic esters (lactones) is 1. The molecule has 2 aliphatic rings. The summed E-state index contributed by atoms with van der Waals surface area (Å²) in [6.45, 7) is 5.30. The van der Waals surface area contributed by atoms with Gasteiger partial charge in [-0.2, -0.15) is 0 Å². The average molecular weight is 216 g/mol. The minimum Gasteiger partial charge on any atom is -0.457 e. The Bertz CT molecular complexity index is 275. The molecule has 0 aromatic carbocycles. The smallest absolute Gasteiger partial charge is 0.338 e. The number of rotatable bonds is 2. The van der Waals surface area contributed by atoms with E-state index in [1.54, 1.807) is 13.8 Å². The predicted octanol–water partition coefficient (Wildman–Crippen LogP) is 0.0603. The molecule has 0 saturated carbocycles. The van der Waals surface area contributed by atoms with Crippen LogP contribution >= 0.6 is 0 Å². The van der Waals surface area contributed by atoms with Crippen molar-refractivity contribution < 1.29 is 24.1 Å². The number of hydrogen-bond acceptors (Lipinski definition) is 5. The van der Waals surface area contributed by atoms with Crippen molar-refractivity contribution in [1.29, 1.82) is 0 Å². The van der Waals surface area contributed by atoms with Gasteiger partial charge in [0, 0.05) is 12.5 Å². The Morgan fingerprint density at radius 1 is 1.47 bits per heavy atom. The Kier molecular flexibility index (Phi) is 2.48. The van der Waals surface area contributed by atoms with Crippen molar-refractivity contribution in [3.8, 4) is 0 Å². The van der Waals surface area contributed by atoms with Gasteiger partial charge in [-0.05, 0) is 13.8 Å². The molecule has 5 heteroatoms. The van der Waals surface area contributed by atoms with Gasteiger partial charge in [-0.15, -0.1) is 0 Å². The molecular formula is C10H16O5. The molecule has 5 nitrogen and oxygen atoms in total. The molecular weight excluding hydrogens is 200 g/mol. The lowest BCUT2D eigenvalue weighted by atomic mass is 10.00. The Hall–Kier alpha value is -0.650. The van der Waals surface area contributed by atoms with Crippen LogP contribution < -0.4 is 0 Å². The largest absolute Gasteiger partial charge is 0.457 e. The van der Waals surface area contributed by atoms with Crippen molar-refractivity contribution in [2.45, 2.75) is 44.9 Å². The molecule has 0 radical (unpaired) electrons. The number of aliphatic hydroxyl groups excluding tert-OH is 1. The van der Waals surface area contributed by atoms with E-state index in [0.717, 1.165) is 0 Å². The lowest BCUT2D eigenvalue weighted by Crippen LogP contribution is -2.35. The molecule has 2 fully saturated rings. The minimum atomic E-state index is -0.748. The Morgan fingerprint density at radius 2 is 2.13 bits per heavy atom. The fraction of sp³-hybridized carbons (Fsp3) is 0.900. The van der Waals surface area contributed by atoms with E-state index in [0.29, 0.717) is 0 Å². The van der Waals surface area contributed by atoms with Gasteiger partial charge in [-0.3, -0.25) is 0 Å². The van der Waals surface area contributed by atoms with Crippen LogP contribution in [0.1, 0.15) is 20.8 Å². The second-order valence-electron chi connectivity index (χ2n) is 4.58. The maximum atomic E-state index is 11.5. The first-order valence-electron chi connectivity index (χ1n) is 5.11. The van der Waals surface area contributed by atoms with Crippen molar-refractivity contribution in [3.05, 3.63) is 0 Å². The molecule has 4 atom stereocenters. The zero-order chi connectivity index (χ0) is 11.2. The first kappa shape index (κ1) is 10.9. The van der Waals surface area contributed by atoms with Gasteiger partial charge < -0.3 is 19.3 Å². The summed E-state index contributed by atoms with van der Waals surface area (Å²) in [5.74, 6) is -1.28. The van der Waals surface area contributed by atoms with Gasteiger partial charge in [-0.1, -0.05) is 6.92 Å². The molecule has 2 aliphatic heterocycles. The highest BCUT2D eigenvalue weighted by atomic mass is 16.8. The third kappa shape index (κ3) is 1.75. The maximum absolute atomic E-state index is 11.5. The van der Waals surface area contributed by atoms with Crippen LogP contribution in [-0.4, -0.2) is 41.8 Å². The van der Waals surface area contributed by atoms with Crippen LogP contribution in [0.3, 0.4) is 0 Å². The highest BCUT2D eigenvalue weighted by molar-refractivity contribution is 5.78. The zero-order valence-corrected chi connectivity index (χ0v) is 9.10. The normalized spacial score (nSPS) is 40.0. The van der Waals surface area contributed by atoms with Crippen LogP contribution in [-0.2, 0) is 19.0 Å². The van der Waals surface area contributed by atoms with Crippen molar-refractivity contribution in [3.63, 3.8) is 0 Å². The topological polar surface area (TPSA) is 65.0 Å². The van der Waals surface area contributed by atoms with Gasteiger partial charge in [0.1, 0.15) is 12.2 Å². The molecule has 15 heavy (non-hydrogen) atoms. The molecule has 0 bridgehead atoms. The molecule has 0 unspecified atom stereocenters. The van der Waals surface area contributed by atoms with E-state index < -0.39 is 30.1 Å². The maximum Gasteiger partial charge on any atom is 0.338 e. The van der Waals surface area contributed by atoms with E-state index in [4.69, 9.17) is 19.3 Å². The second kappa shape index (κ2) is 3.43. The van der Waals surface area contributed by atoms with Crippen molar-refractivity contribution in [1.82, 2.24) is 0 Å². The quantitative estimate of drug-likeness (QED) is 0.661. The van der Waals surface area contributed by atoms with Gasteiger partial charge in [0.15, 0.2) is 11.9 Å². The zero-order valence-electron chi connectivity index (χ0n) is 9.10. The van der Waals surface area contributed by atoms with E-state index in [9.17, 15) is 4.79 Å². The lowest BCUT2D eigenvalue weighted by molar-refractivity contribution is -0.190. The van der Waals surface area contributed by atoms with Crippen molar-refractivity contribution in [2.75, 3.05) is 6.61 Å². The molecule has 2 heterocycles. The summed E-state index contributed by atoms with van der Waals surface area (Å²) in [5.41, 5.74) is 0. The van der Waals surface area contributed by atoms with E-state index in [1.807, 2.05) is 6.92 Å². The van der Waals surface area contributed by atoms with Crippen LogP contribution in [0.5, 0.6) is 0 Å². The summed E-state index contributed by atoms with van der Waals surface area (Å²) in [6.07, 6.45) is -1.44. The number of aliphatic hydroxyl groups is 1. The van der Waals surface area contributed by atoms with Gasteiger partial charge >= 0.3 is 5.97 Å². The highest BCUT2D eigenvalue weighted by Gasteiger charge is 2.56. The molecule has 0 amide bonds. The Balaban J connectivity index is 2.16. The fourth-order valence-electron chi connectivity index (χ4n) is 2.02. The van der Waals surface area contributed by atoms with Crippen LogP contribution in [0.4, 0.5) is 0 Å². The number of esters is 1. The van der Waals surface area contributed by atoms with E-state index in [2.05, 4.69) is 0 Å². The first-order valence-corrected chi connectivity index (χ1v) is 5.11. The van der Waals surface area contributed by atoms with Crippen LogP contribution in [0.2, 0.25) is 0 Å². The summed E-state index contributed by atoms with van der Waals surface area (Å²) >= 11 is 0. The number of carbonyl (C=O) groups excluding carboxylic acids is 1. The summed E-state index contributed by atoms with van der Waals surface area (Å²) in [5, 5.41) is 9.04. The predicted molar refractivity (Wildman–Crippen MR) is 50.0 cm³/mol. The SMILES string of the molecule is C[C@H](CO)[C@@H]1OC(=O)[C@@H]2OC(C)(C)O[C@H]12. The number of ether oxygens (including phenoxy) is 3. The fourth-order valence-corrected chi connectivity index (χ4v) is 2.02. The summed E-state index contributed by atoms with van der Waals surface area (Å²) < 4.78 is 16.2. The summed E-state index contributed by atoms with van der Waals surface area (Å²) in [4.78, 5) is 11.5. The van der Waals surface area contributed by atoms with E-state index in [-0.39, 0.29) is 12.5 Å². The molecule has 2 rings (SSSR count). The standard InChI is InChI=1S/C10H16O5/c1-5(4-11)6-7-8(9(12)13-6)15-10(2,3)14-7/h5-8,11H,4H2,1-3H3/t5-,6+,7-,8-/m1/s1. The van der Waals surface area contributed by atoms with Gasteiger partial charge in [-0.25, -0.2) is 4.79 Å². The van der Waals surface area contributed by atoms with Crippen LogP contribution in [0.25, 0.3) is 0 Å². The Morgan fingerprint density at radius 3 is 2.73 bits per heavy atom. The summed E-state index contributed by atoms with van der Waals surface area (Å²) in [7, 11) is 0. The second-order valence-corrected chi connectivity index (χ2v) is 4.58. The molecule has 0 aromatic heterocycles. The molecule has 0 aromatic rings. The molecule has 0 spiro atoms. The number of carbonyl (C=O) groups is 1. The molecule has 1 N–H and O–H groups in total. The molecule has 0 aliphatic carbocycles. The summed E-state index contributed by atoms with van der Waals surface area (Å²) in [6, 6.07) is 0. The molecule has 2 saturated heterocycles. The minimum absolute atomic E-state index is 0.0368. The van der Waals surface area contributed by atoms with Crippen LogP contribution in [0.15, 0.2) is 0 Å². The average Bonchev–Trinajstić information content (AvgIpc) is 2.61. The highest BCUT2D eigenvalue weighted by Crippen LogP contribution is 2.38. The van der Waals surface area contributed by atoms with Gasteiger partial charge in [0.05, 0.1) is 0 Å². The first-order chi connectivity index (χ1) is 6.94. The third-order valence-electron chi connectivity index (χ3n) is 2.79. The van der Waals surface area contributed by atoms with E-state index >= 15 is 0 Å². The Labute approximate surface area is 88.3 Å². The van der Waals surface area contributed by atoms with Crippen molar-refractivity contribution >= 4 is 5.97 Å².